The topological polar surface area (TPSA) is 70.0 Å². The molecular weight excluding hydrogens is 399 g/mol. The van der Waals surface area contributed by atoms with Crippen LogP contribution in [-0.2, 0) is 16.5 Å². The minimum absolute atomic E-state index is 0.126. The Bertz CT molecular complexity index is 930. The van der Waals surface area contributed by atoms with Crippen LogP contribution in [0.5, 0.6) is 0 Å². The van der Waals surface area contributed by atoms with Crippen molar-refractivity contribution in [2.75, 3.05) is 31.2 Å². The monoisotopic (exact) mass is 421 g/mol. The third-order valence-corrected chi connectivity index (χ3v) is 5.99. The molecule has 0 aromatic heterocycles. The normalized spacial score (nSPS) is 19.4. The molecule has 4 rings (SSSR count). The molecule has 2 fully saturated rings. The SMILES string of the molecule is O=C(O)c1cc(C2(O)COC2)ccc1N1CCC(c2ccc(C(F)(F)F)cc2)CC1. The van der Waals surface area contributed by atoms with Crippen molar-refractivity contribution in [2.45, 2.75) is 30.5 Å². The van der Waals surface area contributed by atoms with Gasteiger partial charge in [-0.2, -0.15) is 13.2 Å². The number of hydrogen-bond donors (Lipinski definition) is 2. The Morgan fingerprint density at radius 1 is 1.07 bits per heavy atom. The summed E-state index contributed by atoms with van der Waals surface area (Å²) in [6.45, 7) is 1.48. The van der Waals surface area contributed by atoms with Crippen molar-refractivity contribution in [3.05, 3.63) is 64.7 Å². The van der Waals surface area contributed by atoms with Gasteiger partial charge in [-0.3, -0.25) is 0 Å². The van der Waals surface area contributed by atoms with Gasteiger partial charge in [0.15, 0.2) is 0 Å². The van der Waals surface area contributed by atoms with Crippen molar-refractivity contribution in [3.8, 4) is 0 Å². The number of rotatable bonds is 4. The van der Waals surface area contributed by atoms with Gasteiger partial charge in [0, 0.05) is 13.1 Å². The average Bonchev–Trinajstić information content (AvgIpc) is 2.71. The molecule has 2 N–H and O–H groups in total. The molecule has 160 valence electrons. The fraction of sp³-hybridized carbons (Fsp3) is 0.409. The first-order valence-electron chi connectivity index (χ1n) is 9.77. The molecule has 5 nitrogen and oxygen atoms in total. The van der Waals surface area contributed by atoms with Crippen LogP contribution in [0.4, 0.5) is 18.9 Å². The van der Waals surface area contributed by atoms with Gasteiger partial charge in [0.2, 0.25) is 0 Å². The number of hydrogen-bond acceptors (Lipinski definition) is 4. The molecule has 2 saturated heterocycles. The number of piperidine rings is 1. The first kappa shape index (κ1) is 20.7. The lowest BCUT2D eigenvalue weighted by Gasteiger charge is -2.38. The molecule has 0 bridgehead atoms. The molecule has 2 aromatic carbocycles. The number of ether oxygens (including phenoxy) is 1. The fourth-order valence-corrected chi connectivity index (χ4v) is 4.13. The van der Waals surface area contributed by atoms with Crippen LogP contribution < -0.4 is 4.90 Å². The van der Waals surface area contributed by atoms with Crippen LogP contribution in [0.15, 0.2) is 42.5 Å². The summed E-state index contributed by atoms with van der Waals surface area (Å²) in [4.78, 5) is 13.8. The van der Waals surface area contributed by atoms with Crippen molar-refractivity contribution in [2.24, 2.45) is 0 Å². The number of benzene rings is 2. The van der Waals surface area contributed by atoms with Crippen LogP contribution in [0.2, 0.25) is 0 Å². The molecule has 2 aliphatic rings. The summed E-state index contributed by atoms with van der Waals surface area (Å²) < 4.78 is 43.3. The smallest absolute Gasteiger partial charge is 0.416 e. The lowest BCUT2D eigenvalue weighted by Crippen LogP contribution is -2.46. The van der Waals surface area contributed by atoms with Gasteiger partial charge in [-0.15, -0.1) is 0 Å². The van der Waals surface area contributed by atoms with Gasteiger partial charge in [-0.05, 0) is 54.2 Å². The second-order valence-electron chi connectivity index (χ2n) is 7.94. The number of aliphatic hydroxyl groups is 1. The number of carboxylic acid groups (broad SMARTS) is 1. The summed E-state index contributed by atoms with van der Waals surface area (Å²) in [6.07, 6.45) is -2.92. The van der Waals surface area contributed by atoms with E-state index in [1.807, 2.05) is 4.90 Å². The number of carbonyl (C=O) groups is 1. The highest BCUT2D eigenvalue weighted by Gasteiger charge is 2.39. The maximum atomic E-state index is 12.8. The van der Waals surface area contributed by atoms with E-state index in [1.165, 1.54) is 18.2 Å². The first-order valence-corrected chi connectivity index (χ1v) is 9.77. The lowest BCUT2D eigenvalue weighted by molar-refractivity contribution is -0.184. The molecule has 0 aliphatic carbocycles. The van der Waals surface area contributed by atoms with Crippen LogP contribution in [-0.4, -0.2) is 42.5 Å². The average molecular weight is 421 g/mol. The minimum Gasteiger partial charge on any atom is -0.478 e. The zero-order valence-electron chi connectivity index (χ0n) is 16.2. The molecule has 8 heteroatoms. The van der Waals surface area contributed by atoms with Crippen molar-refractivity contribution in [1.29, 1.82) is 0 Å². The van der Waals surface area contributed by atoms with E-state index in [0.29, 0.717) is 37.2 Å². The molecule has 0 radical (unpaired) electrons. The Morgan fingerprint density at radius 3 is 2.20 bits per heavy atom. The Hall–Kier alpha value is -2.58. The Morgan fingerprint density at radius 2 is 1.70 bits per heavy atom. The standard InChI is InChI=1S/C22H22F3NO4/c23-22(24,25)16-3-1-14(2-4-16)15-7-9-26(10-8-15)19-6-5-17(11-18(19)20(27)28)21(29)12-30-13-21/h1-6,11,15,29H,7-10,12-13H2,(H,27,28). The molecular formula is C22H22F3NO4. The molecule has 0 amide bonds. The van der Waals surface area contributed by atoms with Crippen molar-refractivity contribution >= 4 is 11.7 Å². The van der Waals surface area contributed by atoms with E-state index in [-0.39, 0.29) is 24.7 Å². The number of alkyl halides is 3. The first-order chi connectivity index (χ1) is 14.2. The summed E-state index contributed by atoms with van der Waals surface area (Å²) >= 11 is 0. The lowest BCUT2D eigenvalue weighted by atomic mass is 9.87. The van der Waals surface area contributed by atoms with Gasteiger partial charge in [0.1, 0.15) is 5.60 Å². The van der Waals surface area contributed by atoms with Crippen molar-refractivity contribution in [1.82, 2.24) is 0 Å². The second kappa shape index (κ2) is 7.59. The van der Waals surface area contributed by atoms with Gasteiger partial charge in [0.05, 0.1) is 30.0 Å². The van der Waals surface area contributed by atoms with E-state index in [2.05, 4.69) is 0 Å². The summed E-state index contributed by atoms with van der Waals surface area (Å²) in [5, 5.41) is 20.1. The highest BCUT2D eigenvalue weighted by Crippen LogP contribution is 2.36. The van der Waals surface area contributed by atoms with E-state index < -0.39 is 23.3 Å². The Kier molecular flexibility index (Phi) is 5.23. The minimum atomic E-state index is -4.35. The maximum Gasteiger partial charge on any atom is 0.416 e. The molecule has 0 spiro atoms. The molecule has 30 heavy (non-hydrogen) atoms. The summed E-state index contributed by atoms with van der Waals surface area (Å²) in [6, 6.07) is 10.2. The van der Waals surface area contributed by atoms with Gasteiger partial charge < -0.3 is 19.8 Å². The van der Waals surface area contributed by atoms with E-state index in [0.717, 1.165) is 17.7 Å². The molecule has 0 atom stereocenters. The number of carboxylic acids is 1. The Labute approximate surface area is 171 Å². The zero-order chi connectivity index (χ0) is 21.5. The molecule has 0 unspecified atom stereocenters. The van der Waals surface area contributed by atoms with Crippen LogP contribution in [0.1, 0.15) is 45.8 Å². The Balaban J connectivity index is 1.48. The molecule has 2 aromatic rings. The predicted molar refractivity (Wildman–Crippen MR) is 104 cm³/mol. The number of aromatic carboxylic acids is 1. The van der Waals surface area contributed by atoms with Gasteiger partial charge in [-0.25, -0.2) is 4.79 Å². The zero-order valence-corrected chi connectivity index (χ0v) is 16.2. The van der Waals surface area contributed by atoms with E-state index in [9.17, 15) is 28.2 Å². The van der Waals surface area contributed by atoms with Crippen LogP contribution in [0.25, 0.3) is 0 Å². The highest BCUT2D eigenvalue weighted by atomic mass is 19.4. The third kappa shape index (κ3) is 3.89. The molecule has 0 saturated carbocycles. The van der Waals surface area contributed by atoms with Gasteiger partial charge >= 0.3 is 12.1 Å². The van der Waals surface area contributed by atoms with E-state index >= 15 is 0 Å². The fourth-order valence-electron chi connectivity index (χ4n) is 4.13. The summed E-state index contributed by atoms with van der Waals surface area (Å²) in [5.41, 5.74) is 0.298. The van der Waals surface area contributed by atoms with Gasteiger partial charge in [-0.1, -0.05) is 18.2 Å². The number of anilines is 1. The number of halogens is 3. The predicted octanol–water partition coefficient (Wildman–Crippen LogP) is 4.01. The van der Waals surface area contributed by atoms with Crippen molar-refractivity contribution in [3.63, 3.8) is 0 Å². The van der Waals surface area contributed by atoms with Crippen LogP contribution in [0, 0.1) is 0 Å². The quantitative estimate of drug-likeness (QED) is 0.781. The summed E-state index contributed by atoms with van der Waals surface area (Å²) in [5.74, 6) is -0.940. The van der Waals surface area contributed by atoms with E-state index in [1.54, 1.807) is 12.1 Å². The third-order valence-electron chi connectivity index (χ3n) is 5.99. The van der Waals surface area contributed by atoms with Crippen LogP contribution >= 0.6 is 0 Å². The second-order valence-corrected chi connectivity index (χ2v) is 7.94. The largest absolute Gasteiger partial charge is 0.478 e. The van der Waals surface area contributed by atoms with Gasteiger partial charge in [0.25, 0.3) is 0 Å². The summed E-state index contributed by atoms with van der Waals surface area (Å²) in [7, 11) is 0. The van der Waals surface area contributed by atoms with Crippen molar-refractivity contribution < 1.29 is 32.9 Å². The highest BCUT2D eigenvalue weighted by molar-refractivity contribution is 5.95. The maximum absolute atomic E-state index is 12.8. The van der Waals surface area contributed by atoms with E-state index in [4.69, 9.17) is 4.74 Å². The molecule has 2 aliphatic heterocycles. The number of nitrogens with zero attached hydrogens (tertiary/aromatic N) is 1. The van der Waals surface area contributed by atoms with Crippen LogP contribution in [0.3, 0.4) is 0 Å². The molecule has 2 heterocycles.